The van der Waals surface area contributed by atoms with Crippen LogP contribution in [0, 0.1) is 15.9 Å². The lowest BCUT2D eigenvalue weighted by atomic mass is 10.1. The number of nitro groups is 1. The fourth-order valence-electron chi connectivity index (χ4n) is 1.59. The highest BCUT2D eigenvalue weighted by Gasteiger charge is 2.23. The molecule has 2 N–H and O–H groups in total. The Hall–Kier alpha value is -2.39. The molecule has 20 heavy (non-hydrogen) atoms. The largest absolute Gasteiger partial charge is 0.383 e. The van der Waals surface area contributed by atoms with E-state index in [0.29, 0.717) is 0 Å². The van der Waals surface area contributed by atoms with E-state index >= 15 is 0 Å². The average Bonchev–Trinajstić information content (AvgIpc) is 2.88. The number of hydrogen-bond donors (Lipinski definition) is 1. The lowest BCUT2D eigenvalue weighted by molar-refractivity contribution is -0.384. The summed E-state index contributed by atoms with van der Waals surface area (Å²) in [6.07, 6.45) is 0. The molecule has 0 aliphatic rings. The Morgan fingerprint density at radius 2 is 2.35 bits per heavy atom. The van der Waals surface area contributed by atoms with Crippen molar-refractivity contribution in [2.24, 2.45) is 5.73 Å². The molecule has 8 nitrogen and oxygen atoms in total. The van der Waals surface area contributed by atoms with Gasteiger partial charge in [-0.15, -0.1) is 0 Å². The molecule has 0 spiro atoms. The smallest absolute Gasteiger partial charge is 0.282 e. The van der Waals surface area contributed by atoms with E-state index in [1.807, 2.05) is 0 Å². The van der Waals surface area contributed by atoms with Crippen LogP contribution < -0.4 is 5.73 Å². The lowest BCUT2D eigenvalue weighted by Gasteiger charge is -2.03. The molecule has 1 heterocycles. The Bertz CT molecular complexity index is 631. The van der Waals surface area contributed by atoms with Crippen molar-refractivity contribution >= 4 is 5.69 Å². The molecule has 0 aliphatic heterocycles. The maximum absolute atomic E-state index is 13.2. The van der Waals surface area contributed by atoms with E-state index in [2.05, 4.69) is 10.1 Å². The van der Waals surface area contributed by atoms with Gasteiger partial charge in [0, 0.05) is 13.2 Å². The molecule has 2 rings (SSSR count). The van der Waals surface area contributed by atoms with Gasteiger partial charge in [0.05, 0.1) is 17.6 Å². The van der Waals surface area contributed by atoms with Crippen molar-refractivity contribution in [3.05, 3.63) is 40.0 Å². The van der Waals surface area contributed by atoms with Crippen LogP contribution in [0.5, 0.6) is 0 Å². The van der Waals surface area contributed by atoms with Crippen molar-refractivity contribution in [2.45, 2.75) is 6.04 Å². The summed E-state index contributed by atoms with van der Waals surface area (Å²) in [7, 11) is 1.46. The van der Waals surface area contributed by atoms with Gasteiger partial charge in [-0.1, -0.05) is 5.16 Å². The van der Waals surface area contributed by atoms with Crippen LogP contribution >= 0.6 is 0 Å². The van der Waals surface area contributed by atoms with Crippen molar-refractivity contribution in [2.75, 3.05) is 13.7 Å². The van der Waals surface area contributed by atoms with Crippen molar-refractivity contribution < 1.29 is 18.6 Å². The molecule has 1 unspecified atom stereocenters. The third kappa shape index (κ3) is 2.78. The van der Waals surface area contributed by atoms with Gasteiger partial charge in [0.25, 0.3) is 11.6 Å². The predicted octanol–water partition coefficient (Wildman–Crippen LogP) is 1.43. The highest BCUT2D eigenvalue weighted by molar-refractivity contribution is 5.66. The third-order valence-corrected chi connectivity index (χ3v) is 2.51. The Morgan fingerprint density at radius 3 is 3.00 bits per heavy atom. The quantitative estimate of drug-likeness (QED) is 0.651. The number of nitrogens with two attached hydrogens (primary N) is 1. The summed E-state index contributed by atoms with van der Waals surface area (Å²) in [6.45, 7) is 0.157. The second-order valence-electron chi connectivity index (χ2n) is 3.94. The molecule has 0 fully saturated rings. The van der Waals surface area contributed by atoms with Crippen LogP contribution in [0.1, 0.15) is 11.9 Å². The molecular weight excluding hydrogens is 271 g/mol. The van der Waals surface area contributed by atoms with Gasteiger partial charge in [-0.05, 0) is 12.1 Å². The first-order chi connectivity index (χ1) is 9.52. The number of hydrogen-bond acceptors (Lipinski definition) is 7. The normalized spacial score (nSPS) is 12.3. The van der Waals surface area contributed by atoms with Crippen LogP contribution in [0.15, 0.2) is 22.7 Å². The highest BCUT2D eigenvalue weighted by atomic mass is 19.1. The van der Waals surface area contributed by atoms with Crippen LogP contribution in [0.2, 0.25) is 0 Å². The van der Waals surface area contributed by atoms with Crippen LogP contribution in [0.4, 0.5) is 10.1 Å². The molecule has 0 saturated heterocycles. The monoisotopic (exact) mass is 282 g/mol. The second kappa shape index (κ2) is 5.72. The molecule has 1 atom stereocenters. The molecule has 1 aromatic carbocycles. The van der Waals surface area contributed by atoms with Gasteiger partial charge in [-0.3, -0.25) is 10.1 Å². The van der Waals surface area contributed by atoms with Crippen LogP contribution in [0.3, 0.4) is 0 Å². The molecular formula is C11H11FN4O4. The summed E-state index contributed by atoms with van der Waals surface area (Å²) in [4.78, 5) is 14.2. The Kier molecular flexibility index (Phi) is 4.01. The Labute approximate surface area is 112 Å². The van der Waals surface area contributed by atoms with Crippen LogP contribution in [0.25, 0.3) is 11.5 Å². The number of aromatic nitrogens is 2. The minimum absolute atomic E-state index is 0.0987. The summed E-state index contributed by atoms with van der Waals surface area (Å²) in [5, 5.41) is 14.5. The molecule has 2 aromatic rings. The Morgan fingerprint density at radius 1 is 1.60 bits per heavy atom. The zero-order valence-corrected chi connectivity index (χ0v) is 10.4. The van der Waals surface area contributed by atoms with Gasteiger partial charge in [0.15, 0.2) is 5.82 Å². The number of halogens is 1. The molecule has 0 radical (unpaired) electrons. The molecule has 106 valence electrons. The van der Waals surface area contributed by atoms with E-state index in [4.69, 9.17) is 15.0 Å². The first kappa shape index (κ1) is 14.0. The summed E-state index contributed by atoms with van der Waals surface area (Å²) in [5.74, 6) is -0.690. The molecule has 0 bridgehead atoms. The first-order valence-corrected chi connectivity index (χ1v) is 5.55. The first-order valence-electron chi connectivity index (χ1n) is 5.55. The molecule has 0 aliphatic carbocycles. The van der Waals surface area contributed by atoms with Crippen LogP contribution in [-0.2, 0) is 4.74 Å². The maximum atomic E-state index is 13.2. The summed E-state index contributed by atoms with van der Waals surface area (Å²) >= 11 is 0. The summed E-state index contributed by atoms with van der Waals surface area (Å²) in [6, 6.07) is 2.33. The second-order valence-corrected chi connectivity index (χ2v) is 3.94. The number of nitro benzene ring substituents is 1. The number of nitrogens with zero attached hydrogens (tertiary/aromatic N) is 3. The van der Waals surface area contributed by atoms with E-state index in [-0.39, 0.29) is 29.6 Å². The van der Waals surface area contributed by atoms with Gasteiger partial charge in [0.2, 0.25) is 0 Å². The molecule has 1 aromatic heterocycles. The summed E-state index contributed by atoms with van der Waals surface area (Å²) in [5.41, 5.74) is 5.28. The predicted molar refractivity (Wildman–Crippen MR) is 65.2 cm³/mol. The minimum Gasteiger partial charge on any atom is -0.383 e. The van der Waals surface area contributed by atoms with Gasteiger partial charge in [0.1, 0.15) is 11.4 Å². The third-order valence-electron chi connectivity index (χ3n) is 2.51. The molecule has 9 heteroatoms. The molecule has 0 saturated carbocycles. The SMILES string of the molecule is COCC(N)c1noc(-c2cc(F)ccc2[N+](=O)[O-])n1. The van der Waals surface area contributed by atoms with E-state index in [1.165, 1.54) is 7.11 Å². The number of benzene rings is 1. The topological polar surface area (TPSA) is 117 Å². The van der Waals surface area contributed by atoms with E-state index in [9.17, 15) is 14.5 Å². The van der Waals surface area contributed by atoms with E-state index in [0.717, 1.165) is 18.2 Å². The van der Waals surface area contributed by atoms with Crippen molar-refractivity contribution in [3.8, 4) is 11.5 Å². The maximum Gasteiger partial charge on any atom is 0.282 e. The number of methoxy groups -OCH3 is 1. The fourth-order valence-corrected chi connectivity index (χ4v) is 1.59. The van der Waals surface area contributed by atoms with Gasteiger partial charge in [-0.25, -0.2) is 4.39 Å². The van der Waals surface area contributed by atoms with Crippen molar-refractivity contribution in [1.29, 1.82) is 0 Å². The van der Waals surface area contributed by atoms with E-state index in [1.54, 1.807) is 0 Å². The standard InChI is InChI=1S/C11H11FN4O4/c1-19-5-8(13)10-14-11(20-15-10)7-4-6(12)2-3-9(7)16(17)18/h2-4,8H,5,13H2,1H3. The average molecular weight is 282 g/mol. The Balaban J connectivity index is 2.41. The minimum atomic E-state index is -0.659. The molecule has 0 amide bonds. The van der Waals surface area contributed by atoms with Gasteiger partial charge < -0.3 is 15.0 Å². The zero-order chi connectivity index (χ0) is 14.7. The highest BCUT2D eigenvalue weighted by Crippen LogP contribution is 2.29. The van der Waals surface area contributed by atoms with Gasteiger partial charge in [-0.2, -0.15) is 4.98 Å². The fraction of sp³-hybridized carbons (Fsp3) is 0.273. The van der Waals surface area contributed by atoms with Crippen molar-refractivity contribution in [3.63, 3.8) is 0 Å². The zero-order valence-electron chi connectivity index (χ0n) is 10.4. The number of ether oxygens (including phenoxy) is 1. The number of rotatable bonds is 5. The van der Waals surface area contributed by atoms with Crippen LogP contribution in [-0.4, -0.2) is 28.8 Å². The van der Waals surface area contributed by atoms with Gasteiger partial charge >= 0.3 is 0 Å². The van der Waals surface area contributed by atoms with E-state index < -0.39 is 16.8 Å². The summed E-state index contributed by atoms with van der Waals surface area (Å²) < 4.78 is 23.0. The van der Waals surface area contributed by atoms with Crippen molar-refractivity contribution in [1.82, 2.24) is 10.1 Å². The lowest BCUT2D eigenvalue weighted by Crippen LogP contribution is -2.17.